The third-order valence-corrected chi connectivity index (χ3v) is 6.81. The second-order valence-corrected chi connectivity index (χ2v) is 9.77. The quantitative estimate of drug-likeness (QED) is 0.259. The minimum absolute atomic E-state index is 0.126. The van der Waals surface area contributed by atoms with E-state index in [9.17, 15) is 10.1 Å². The van der Waals surface area contributed by atoms with Gasteiger partial charge in [-0.25, -0.2) is 4.98 Å². The molecule has 2 saturated heterocycles. The number of nitrogens with zero attached hydrogens (tertiary/aromatic N) is 3. The average Bonchev–Trinajstić information content (AvgIpc) is 3.70. The van der Waals surface area contributed by atoms with E-state index in [0.29, 0.717) is 70.7 Å². The van der Waals surface area contributed by atoms with E-state index in [2.05, 4.69) is 32.0 Å². The van der Waals surface area contributed by atoms with E-state index in [1.165, 1.54) is 6.20 Å². The Kier molecular flexibility index (Phi) is 7.71. The maximum atomic E-state index is 13.0. The molecule has 0 saturated carbocycles. The molecule has 2 aliphatic rings. The molecule has 10 heteroatoms. The van der Waals surface area contributed by atoms with E-state index < -0.39 is 0 Å². The molecule has 2 fully saturated rings. The highest BCUT2D eigenvalue weighted by Gasteiger charge is 2.21. The van der Waals surface area contributed by atoms with E-state index >= 15 is 0 Å². The van der Waals surface area contributed by atoms with Crippen molar-refractivity contribution in [3.8, 4) is 23.4 Å². The summed E-state index contributed by atoms with van der Waals surface area (Å²) in [4.78, 5) is 21.9. The van der Waals surface area contributed by atoms with Gasteiger partial charge in [-0.15, -0.1) is 0 Å². The molecule has 3 N–H and O–H groups in total. The number of fused-ring (bicyclic) bond motifs is 1. The van der Waals surface area contributed by atoms with Gasteiger partial charge < -0.3 is 30.2 Å². The molecule has 10 nitrogen and oxygen atoms in total. The van der Waals surface area contributed by atoms with Crippen LogP contribution in [0.3, 0.4) is 0 Å². The summed E-state index contributed by atoms with van der Waals surface area (Å²) in [6.07, 6.45) is 6.24. The van der Waals surface area contributed by atoms with Crippen molar-refractivity contribution in [3.05, 3.63) is 84.2 Å². The maximum absolute atomic E-state index is 13.0. The van der Waals surface area contributed by atoms with Crippen molar-refractivity contribution in [1.82, 2.24) is 15.3 Å². The van der Waals surface area contributed by atoms with Crippen molar-refractivity contribution in [2.45, 2.75) is 18.9 Å². The lowest BCUT2D eigenvalue weighted by Crippen LogP contribution is -2.18. The molecule has 4 aromatic rings. The Morgan fingerprint density at radius 1 is 1.15 bits per heavy atom. The molecule has 0 bridgehead atoms. The van der Waals surface area contributed by atoms with Crippen molar-refractivity contribution >= 4 is 33.9 Å². The molecule has 2 aromatic heterocycles. The number of hydrogen-bond acceptors (Lipinski definition) is 9. The topological polar surface area (TPSA) is 130 Å². The first-order valence-corrected chi connectivity index (χ1v) is 13.4. The van der Waals surface area contributed by atoms with Crippen LogP contribution in [0.25, 0.3) is 10.9 Å². The zero-order valence-electron chi connectivity index (χ0n) is 22.2. The number of rotatable bonds is 8. The number of para-hydroxylation sites is 1. The Hall–Kier alpha value is -4.98. The van der Waals surface area contributed by atoms with Gasteiger partial charge in [-0.1, -0.05) is 18.2 Å². The van der Waals surface area contributed by atoms with Gasteiger partial charge in [0, 0.05) is 42.8 Å². The van der Waals surface area contributed by atoms with Crippen LogP contribution in [0.5, 0.6) is 17.4 Å². The first-order chi connectivity index (χ1) is 20.1. The maximum Gasteiger partial charge on any atom is 0.248 e. The molecule has 206 valence electrons. The van der Waals surface area contributed by atoms with Crippen LogP contribution in [0.15, 0.2) is 78.6 Å². The summed E-state index contributed by atoms with van der Waals surface area (Å²) in [7, 11) is 0. The Morgan fingerprint density at radius 2 is 2.05 bits per heavy atom. The molecule has 41 heavy (non-hydrogen) atoms. The summed E-state index contributed by atoms with van der Waals surface area (Å²) in [6, 6.07) is 18.8. The van der Waals surface area contributed by atoms with E-state index in [1.807, 2.05) is 36.4 Å². The summed E-state index contributed by atoms with van der Waals surface area (Å²) < 4.78 is 17.5. The predicted octanol–water partition coefficient (Wildman–Crippen LogP) is 5.06. The zero-order valence-corrected chi connectivity index (χ0v) is 22.2. The van der Waals surface area contributed by atoms with E-state index in [-0.39, 0.29) is 12.0 Å². The Balaban J connectivity index is 1.33. The van der Waals surface area contributed by atoms with E-state index in [0.717, 1.165) is 25.0 Å². The Labute approximate surface area is 237 Å². The molecule has 1 unspecified atom stereocenters. The minimum Gasteiger partial charge on any atom is -0.486 e. The molecule has 2 aliphatic heterocycles. The number of amides is 1. The zero-order chi connectivity index (χ0) is 28.0. The predicted molar refractivity (Wildman–Crippen MR) is 155 cm³/mol. The molecule has 2 aromatic carbocycles. The Bertz CT molecular complexity index is 1620. The van der Waals surface area contributed by atoms with Crippen molar-refractivity contribution in [3.63, 3.8) is 0 Å². The number of aromatic nitrogens is 2. The normalized spacial score (nSPS) is 17.3. The number of nitriles is 1. The first-order valence-electron chi connectivity index (χ1n) is 13.4. The number of carbonyl (C=O) groups excluding carboxylic acids is 1. The summed E-state index contributed by atoms with van der Waals surface area (Å²) in [6.45, 7) is 2.66. The summed E-state index contributed by atoms with van der Waals surface area (Å²) in [5.74, 6) is 1.38. The SMILES string of the molecule is N#Cc1cnc2cc(OC3CCOC3)c(NC(=O)/C=C3/CCNC3)cc2c1Nc1ccc(Oc2ccccc2)nc1. The van der Waals surface area contributed by atoms with E-state index in [1.54, 1.807) is 30.5 Å². The number of carbonyl (C=O) groups is 1. The molecule has 1 amide bonds. The number of ether oxygens (including phenoxy) is 3. The van der Waals surface area contributed by atoms with Crippen molar-refractivity contribution in [1.29, 1.82) is 5.26 Å². The number of hydrogen-bond donors (Lipinski definition) is 3. The van der Waals surface area contributed by atoms with Crippen molar-refractivity contribution < 1.29 is 19.0 Å². The summed E-state index contributed by atoms with van der Waals surface area (Å²) >= 11 is 0. The highest BCUT2D eigenvalue weighted by molar-refractivity contribution is 6.05. The third kappa shape index (κ3) is 6.27. The van der Waals surface area contributed by atoms with Gasteiger partial charge in [-0.2, -0.15) is 5.26 Å². The largest absolute Gasteiger partial charge is 0.486 e. The van der Waals surface area contributed by atoms with Crippen LogP contribution in [0.1, 0.15) is 18.4 Å². The molecule has 0 spiro atoms. The van der Waals surface area contributed by atoms with Crippen LogP contribution in [-0.2, 0) is 9.53 Å². The smallest absolute Gasteiger partial charge is 0.248 e. The van der Waals surface area contributed by atoms with Gasteiger partial charge in [0.25, 0.3) is 0 Å². The van der Waals surface area contributed by atoms with Gasteiger partial charge in [0.05, 0.1) is 47.6 Å². The first kappa shape index (κ1) is 26.3. The molecule has 0 aliphatic carbocycles. The third-order valence-electron chi connectivity index (χ3n) is 6.81. The van der Waals surface area contributed by atoms with Crippen LogP contribution >= 0.6 is 0 Å². The molecular weight excluding hydrogens is 520 g/mol. The van der Waals surface area contributed by atoms with Crippen molar-refractivity contribution in [2.24, 2.45) is 0 Å². The standard InChI is InChI=1S/C31H28N6O4/c32-15-21-17-34-26-14-28(40-24-9-11-39-19-24)27(37-29(38)12-20-8-10-33-16-20)13-25(26)31(21)36-22-6-7-30(35-18-22)41-23-4-2-1-3-5-23/h1-7,12-14,17-18,24,33H,8-11,16,19H2,(H,34,36)(H,37,38)/b20-12-. The fourth-order valence-corrected chi connectivity index (χ4v) is 4.75. The van der Waals surface area contributed by atoms with Crippen LogP contribution in [0.4, 0.5) is 17.1 Å². The Morgan fingerprint density at radius 3 is 2.78 bits per heavy atom. The minimum atomic E-state index is -0.243. The molecule has 0 radical (unpaired) electrons. The lowest BCUT2D eigenvalue weighted by atomic mass is 10.1. The fraction of sp³-hybridized carbons (Fsp3) is 0.226. The fourth-order valence-electron chi connectivity index (χ4n) is 4.75. The molecule has 4 heterocycles. The number of nitrogens with one attached hydrogen (secondary N) is 3. The molecule has 1 atom stereocenters. The van der Waals surface area contributed by atoms with Crippen LogP contribution < -0.4 is 25.4 Å². The summed E-state index contributed by atoms with van der Waals surface area (Å²) in [5.41, 5.74) is 3.67. The number of pyridine rings is 2. The monoisotopic (exact) mass is 548 g/mol. The lowest BCUT2D eigenvalue weighted by molar-refractivity contribution is -0.112. The second kappa shape index (κ2) is 12.0. The van der Waals surface area contributed by atoms with Gasteiger partial charge >= 0.3 is 0 Å². The van der Waals surface area contributed by atoms with Crippen LogP contribution in [-0.4, -0.2) is 48.3 Å². The van der Waals surface area contributed by atoms with Gasteiger partial charge in [-0.05, 0) is 42.8 Å². The van der Waals surface area contributed by atoms with Gasteiger partial charge in [0.15, 0.2) is 0 Å². The van der Waals surface area contributed by atoms with E-state index in [4.69, 9.17) is 14.2 Å². The van der Waals surface area contributed by atoms with Crippen molar-refractivity contribution in [2.75, 3.05) is 36.9 Å². The number of anilines is 3. The highest BCUT2D eigenvalue weighted by atomic mass is 16.5. The highest BCUT2D eigenvalue weighted by Crippen LogP contribution is 2.37. The average molecular weight is 549 g/mol. The molecule has 6 rings (SSSR count). The number of benzene rings is 2. The van der Waals surface area contributed by atoms with Gasteiger partial charge in [0.1, 0.15) is 23.7 Å². The van der Waals surface area contributed by atoms with Crippen LogP contribution in [0, 0.1) is 11.3 Å². The lowest BCUT2D eigenvalue weighted by Gasteiger charge is -2.18. The molecular formula is C31H28N6O4. The van der Waals surface area contributed by atoms with Gasteiger partial charge in [-0.3, -0.25) is 9.78 Å². The summed E-state index contributed by atoms with van der Waals surface area (Å²) in [5, 5.41) is 20.1. The van der Waals surface area contributed by atoms with Gasteiger partial charge in [0.2, 0.25) is 11.8 Å². The second-order valence-electron chi connectivity index (χ2n) is 9.77. The van der Waals surface area contributed by atoms with Crippen LogP contribution in [0.2, 0.25) is 0 Å².